The molecule has 0 saturated heterocycles. The van der Waals surface area contributed by atoms with Crippen molar-refractivity contribution in [2.45, 2.75) is 33.1 Å². The van der Waals surface area contributed by atoms with Gasteiger partial charge in [0.05, 0.1) is 37.2 Å². The Hall–Kier alpha value is -5.40. The van der Waals surface area contributed by atoms with Crippen LogP contribution in [0.3, 0.4) is 0 Å². The molecule has 0 aliphatic heterocycles. The molecular formula is C53H43BrCl4N2O2. The Labute approximate surface area is 390 Å². The third-order valence-corrected chi connectivity index (χ3v) is 12.4. The summed E-state index contributed by atoms with van der Waals surface area (Å²) in [5.41, 5.74) is 8.21. The highest BCUT2D eigenvalue weighted by molar-refractivity contribution is 9.10. The largest absolute Gasteiger partial charge is 0.454 e. The molecule has 0 atom stereocenters. The summed E-state index contributed by atoms with van der Waals surface area (Å²) < 4.78 is 13.1. The van der Waals surface area contributed by atoms with Crippen molar-refractivity contribution in [3.63, 3.8) is 0 Å². The summed E-state index contributed by atoms with van der Waals surface area (Å²) in [4.78, 5) is 2.08. The zero-order valence-electron chi connectivity index (χ0n) is 34.1. The molecule has 0 amide bonds. The molecule has 9 heteroatoms. The van der Waals surface area contributed by atoms with Crippen LogP contribution in [0.15, 0.2) is 195 Å². The van der Waals surface area contributed by atoms with E-state index in [2.05, 4.69) is 70.3 Å². The third kappa shape index (κ3) is 10.4. The summed E-state index contributed by atoms with van der Waals surface area (Å²) in [6, 6.07) is 59.8. The van der Waals surface area contributed by atoms with Gasteiger partial charge in [-0.05, 0) is 88.7 Å². The third-order valence-electron chi connectivity index (χ3n) is 9.88. The molecule has 0 aliphatic carbocycles. The Morgan fingerprint density at radius 3 is 1.55 bits per heavy atom. The van der Waals surface area contributed by atoms with Crippen molar-refractivity contribution in [3.05, 3.63) is 207 Å². The van der Waals surface area contributed by atoms with Gasteiger partial charge in [0.25, 0.3) is 0 Å². The molecule has 0 unspecified atom stereocenters. The molecule has 312 valence electrons. The molecular weight excluding hydrogens is 918 g/mol. The monoisotopic (exact) mass is 958 g/mol. The van der Waals surface area contributed by atoms with E-state index in [1.165, 1.54) is 19.3 Å². The Balaban J connectivity index is 0.000000147. The van der Waals surface area contributed by atoms with Crippen molar-refractivity contribution in [3.8, 4) is 0 Å². The van der Waals surface area contributed by atoms with Gasteiger partial charge in [0, 0.05) is 37.4 Å². The number of rotatable bonds is 7. The highest BCUT2D eigenvalue weighted by Crippen LogP contribution is 2.45. The minimum Gasteiger partial charge on any atom is -0.454 e. The van der Waals surface area contributed by atoms with Crippen LogP contribution in [-0.2, 0) is 0 Å². The zero-order chi connectivity index (χ0) is 43.4. The van der Waals surface area contributed by atoms with E-state index in [1.807, 2.05) is 140 Å². The number of nitrogens with one attached hydrogen (secondary N) is 1. The van der Waals surface area contributed by atoms with Gasteiger partial charge in [0.15, 0.2) is 11.2 Å². The van der Waals surface area contributed by atoms with Gasteiger partial charge in [-0.1, -0.05) is 189 Å². The van der Waals surface area contributed by atoms with Gasteiger partial charge < -0.3 is 19.1 Å². The van der Waals surface area contributed by atoms with Crippen molar-refractivity contribution < 1.29 is 8.83 Å². The predicted molar refractivity (Wildman–Crippen MR) is 271 cm³/mol. The molecule has 10 rings (SSSR count). The van der Waals surface area contributed by atoms with E-state index in [1.54, 1.807) is 12.1 Å². The number of benzene rings is 8. The lowest BCUT2D eigenvalue weighted by Crippen LogP contribution is -2.10. The highest BCUT2D eigenvalue weighted by atomic mass is 79.9. The molecule has 0 aliphatic rings. The van der Waals surface area contributed by atoms with Gasteiger partial charge in [-0.2, -0.15) is 0 Å². The summed E-state index contributed by atoms with van der Waals surface area (Å²) in [6.07, 6.45) is 4.08. The zero-order valence-corrected chi connectivity index (χ0v) is 38.7. The number of nitrogens with zero attached hydrogens (tertiary/aromatic N) is 1. The van der Waals surface area contributed by atoms with Crippen LogP contribution in [0.2, 0.25) is 20.1 Å². The molecule has 0 radical (unpaired) electrons. The molecule has 0 fully saturated rings. The van der Waals surface area contributed by atoms with Crippen LogP contribution in [-0.4, -0.2) is 0 Å². The number of halogens is 5. The van der Waals surface area contributed by atoms with E-state index in [-0.39, 0.29) is 0 Å². The molecule has 10 aromatic rings. The molecule has 8 aromatic carbocycles. The fourth-order valence-electron chi connectivity index (χ4n) is 6.91. The minimum absolute atomic E-state index is 0.501. The number of anilines is 5. The van der Waals surface area contributed by atoms with E-state index in [0.717, 1.165) is 76.8 Å². The van der Waals surface area contributed by atoms with Crippen LogP contribution in [0, 0.1) is 0 Å². The second kappa shape index (κ2) is 21.6. The molecule has 0 spiro atoms. The first-order chi connectivity index (χ1) is 30.3. The lowest BCUT2D eigenvalue weighted by Gasteiger charge is -2.26. The number of furan rings is 2. The first-order valence-electron chi connectivity index (χ1n) is 20.3. The summed E-state index contributed by atoms with van der Waals surface area (Å²) in [6.45, 7) is 4.42. The Kier molecular flexibility index (Phi) is 15.6. The summed E-state index contributed by atoms with van der Waals surface area (Å²) >= 11 is 27.5. The quantitative estimate of drug-likeness (QED) is 0.162. The Bertz CT molecular complexity index is 3000. The SMILES string of the molecule is CCCCC.Clc1cccc(Br)c1Cl.Clc1cccc(N(c2ccccc2)c2cccc3c2oc2ccccc23)c1Cl.c1ccc(Nc2cccc3c2oc2ccccc23)cc1. The normalized spacial score (nSPS) is 10.7. The lowest BCUT2D eigenvalue weighted by atomic mass is 10.1. The average molecular weight is 962 g/mol. The van der Waals surface area contributed by atoms with E-state index >= 15 is 0 Å². The molecule has 0 saturated carbocycles. The van der Waals surface area contributed by atoms with E-state index in [9.17, 15) is 0 Å². The maximum Gasteiger partial charge on any atom is 0.159 e. The predicted octanol–water partition coefficient (Wildman–Crippen LogP) is 19.6. The standard InChI is InChI=1S/C24H15Cl2NO.C18H13NO.C6H3BrCl2.C5H12/c25-19-12-7-13-20(23(19)26)27(16-8-2-1-3-9-16)21-14-6-11-18-17-10-4-5-15-22(17)28-24(18)21;1-2-7-13(8-3-1)19-16-11-6-10-15-14-9-4-5-12-17(14)20-18(15)16;7-4-2-1-3-5(8)6(4)9;1-3-5-4-2/h1-15H;1-12,19H;1-3H;3-5H2,1-2H3. The Morgan fingerprint density at radius 2 is 0.952 bits per heavy atom. The topological polar surface area (TPSA) is 41.6 Å². The van der Waals surface area contributed by atoms with Gasteiger partial charge in [0.2, 0.25) is 0 Å². The number of hydrogen-bond acceptors (Lipinski definition) is 4. The van der Waals surface area contributed by atoms with Crippen molar-refractivity contribution in [1.82, 2.24) is 0 Å². The lowest BCUT2D eigenvalue weighted by molar-refractivity contribution is 0.669. The summed E-state index contributed by atoms with van der Waals surface area (Å²) in [5.74, 6) is 0. The molecule has 1 N–H and O–H groups in total. The minimum atomic E-state index is 0.501. The van der Waals surface area contributed by atoms with Gasteiger partial charge in [0.1, 0.15) is 11.2 Å². The summed E-state index contributed by atoms with van der Waals surface area (Å²) in [5, 5.41) is 10.0. The number of para-hydroxylation sites is 6. The second-order valence-electron chi connectivity index (χ2n) is 14.2. The molecule has 0 bridgehead atoms. The maximum absolute atomic E-state index is 6.61. The van der Waals surface area contributed by atoms with Crippen LogP contribution in [0.25, 0.3) is 43.9 Å². The first kappa shape index (κ1) is 44.6. The van der Waals surface area contributed by atoms with Crippen molar-refractivity contribution in [2.24, 2.45) is 0 Å². The van der Waals surface area contributed by atoms with Crippen molar-refractivity contribution >= 4 is 135 Å². The number of hydrogen-bond donors (Lipinski definition) is 1. The molecule has 62 heavy (non-hydrogen) atoms. The molecule has 2 aromatic heterocycles. The molecule has 2 heterocycles. The van der Waals surface area contributed by atoms with E-state index in [0.29, 0.717) is 20.1 Å². The van der Waals surface area contributed by atoms with Gasteiger partial charge >= 0.3 is 0 Å². The van der Waals surface area contributed by atoms with Crippen molar-refractivity contribution in [1.29, 1.82) is 0 Å². The summed E-state index contributed by atoms with van der Waals surface area (Å²) in [7, 11) is 0. The maximum atomic E-state index is 6.61. The average Bonchev–Trinajstić information content (AvgIpc) is 3.89. The Morgan fingerprint density at radius 1 is 0.468 bits per heavy atom. The van der Waals surface area contributed by atoms with E-state index < -0.39 is 0 Å². The first-order valence-corrected chi connectivity index (χ1v) is 22.6. The van der Waals surface area contributed by atoms with Gasteiger partial charge in [-0.15, -0.1) is 0 Å². The number of unbranched alkanes of at least 4 members (excludes halogenated alkanes) is 2. The highest BCUT2D eigenvalue weighted by Gasteiger charge is 2.21. The smallest absolute Gasteiger partial charge is 0.159 e. The van der Waals surface area contributed by atoms with E-state index in [4.69, 9.17) is 55.2 Å². The van der Waals surface area contributed by atoms with Crippen LogP contribution in [0.4, 0.5) is 28.4 Å². The van der Waals surface area contributed by atoms with Crippen LogP contribution in [0.5, 0.6) is 0 Å². The van der Waals surface area contributed by atoms with Crippen LogP contribution in [0.1, 0.15) is 33.1 Å². The number of fused-ring (bicyclic) bond motifs is 6. The van der Waals surface area contributed by atoms with Crippen LogP contribution >= 0.6 is 62.3 Å². The van der Waals surface area contributed by atoms with Gasteiger partial charge in [-0.25, -0.2) is 0 Å². The fourth-order valence-corrected chi connectivity index (χ4v) is 8.07. The molecule has 4 nitrogen and oxygen atoms in total. The fraction of sp³-hybridized carbons (Fsp3) is 0.0943. The van der Waals surface area contributed by atoms with Crippen LogP contribution < -0.4 is 10.2 Å². The second-order valence-corrected chi connectivity index (χ2v) is 16.6. The van der Waals surface area contributed by atoms with Crippen molar-refractivity contribution in [2.75, 3.05) is 10.2 Å². The van der Waals surface area contributed by atoms with Gasteiger partial charge in [-0.3, -0.25) is 0 Å².